The highest BCUT2D eigenvalue weighted by Gasteiger charge is 2.27. The largest absolute Gasteiger partial charge is 0.486 e. The van der Waals surface area contributed by atoms with E-state index in [0.29, 0.717) is 73.6 Å². The highest BCUT2D eigenvalue weighted by molar-refractivity contribution is 6.30. The summed E-state index contributed by atoms with van der Waals surface area (Å²) in [6, 6.07) is 12.2. The van der Waals surface area contributed by atoms with E-state index in [2.05, 4.69) is 5.32 Å². The van der Waals surface area contributed by atoms with Gasteiger partial charge in [-0.1, -0.05) is 23.7 Å². The molecule has 3 amide bonds. The van der Waals surface area contributed by atoms with Gasteiger partial charge in [0.1, 0.15) is 13.2 Å². The summed E-state index contributed by atoms with van der Waals surface area (Å²) < 4.78 is 11.2. The van der Waals surface area contributed by atoms with Crippen molar-refractivity contribution in [3.63, 3.8) is 0 Å². The summed E-state index contributed by atoms with van der Waals surface area (Å²) in [5, 5.41) is 3.42. The van der Waals surface area contributed by atoms with Crippen molar-refractivity contribution in [3.05, 3.63) is 53.1 Å². The van der Waals surface area contributed by atoms with Gasteiger partial charge >= 0.3 is 6.03 Å². The molecule has 8 heteroatoms. The lowest BCUT2D eigenvalue weighted by molar-refractivity contribution is 0.0752. The first-order valence-electron chi connectivity index (χ1n) is 9.61. The van der Waals surface area contributed by atoms with E-state index in [0.717, 1.165) is 0 Å². The molecule has 1 fully saturated rings. The molecule has 152 valence electrons. The molecule has 2 aromatic carbocycles. The Morgan fingerprint density at radius 1 is 0.931 bits per heavy atom. The molecule has 0 atom stereocenters. The molecule has 2 aliphatic heterocycles. The van der Waals surface area contributed by atoms with Crippen molar-refractivity contribution >= 4 is 29.2 Å². The number of nitrogens with one attached hydrogen (secondary N) is 1. The number of nitrogens with zero attached hydrogens (tertiary/aromatic N) is 2. The van der Waals surface area contributed by atoms with Crippen LogP contribution in [-0.4, -0.2) is 61.1 Å². The number of anilines is 1. The van der Waals surface area contributed by atoms with Crippen LogP contribution >= 0.6 is 11.6 Å². The lowest BCUT2D eigenvalue weighted by Gasteiger charge is -2.25. The van der Waals surface area contributed by atoms with Gasteiger partial charge in [-0.25, -0.2) is 4.79 Å². The number of para-hydroxylation sites is 1. The fraction of sp³-hybridized carbons (Fsp3) is 0.333. The predicted molar refractivity (Wildman–Crippen MR) is 110 cm³/mol. The van der Waals surface area contributed by atoms with Crippen LogP contribution in [0.2, 0.25) is 5.02 Å². The average Bonchev–Trinajstić information content (AvgIpc) is 2.99. The van der Waals surface area contributed by atoms with Gasteiger partial charge in [0.05, 0.1) is 5.56 Å². The van der Waals surface area contributed by atoms with Gasteiger partial charge in [0, 0.05) is 36.9 Å². The summed E-state index contributed by atoms with van der Waals surface area (Å²) in [4.78, 5) is 29.2. The van der Waals surface area contributed by atoms with Gasteiger partial charge in [0.15, 0.2) is 11.5 Å². The highest BCUT2D eigenvalue weighted by atomic mass is 35.5. The second-order valence-electron chi connectivity index (χ2n) is 6.90. The summed E-state index contributed by atoms with van der Waals surface area (Å²) in [5.41, 5.74) is 1.15. The van der Waals surface area contributed by atoms with Crippen molar-refractivity contribution in [3.8, 4) is 11.5 Å². The lowest BCUT2D eigenvalue weighted by Crippen LogP contribution is -2.39. The Kier molecular flexibility index (Phi) is 5.76. The topological polar surface area (TPSA) is 71.1 Å². The third-order valence-corrected chi connectivity index (χ3v) is 5.18. The normalized spacial score (nSPS) is 16.2. The molecule has 4 rings (SSSR count). The van der Waals surface area contributed by atoms with Gasteiger partial charge in [-0.2, -0.15) is 0 Å². The summed E-state index contributed by atoms with van der Waals surface area (Å²) >= 11 is 5.97. The predicted octanol–water partition coefficient (Wildman–Crippen LogP) is 3.49. The van der Waals surface area contributed by atoms with Crippen LogP contribution in [0.25, 0.3) is 0 Å². The van der Waals surface area contributed by atoms with Gasteiger partial charge in [0.2, 0.25) is 0 Å². The number of carbonyl (C=O) groups is 2. The number of amides is 3. The van der Waals surface area contributed by atoms with E-state index in [1.165, 1.54) is 0 Å². The number of urea groups is 1. The van der Waals surface area contributed by atoms with E-state index < -0.39 is 0 Å². The summed E-state index contributed by atoms with van der Waals surface area (Å²) in [6.07, 6.45) is 0.696. The molecule has 0 spiro atoms. The third-order valence-electron chi connectivity index (χ3n) is 4.94. The minimum atomic E-state index is -0.199. The Bertz CT molecular complexity index is 921. The maximum absolute atomic E-state index is 13.1. The minimum absolute atomic E-state index is 0.107. The molecule has 29 heavy (non-hydrogen) atoms. The van der Waals surface area contributed by atoms with Crippen molar-refractivity contribution in [2.75, 3.05) is 44.7 Å². The van der Waals surface area contributed by atoms with Crippen molar-refractivity contribution < 1.29 is 19.1 Å². The number of benzene rings is 2. The number of ether oxygens (including phenoxy) is 2. The molecule has 0 unspecified atom stereocenters. The molecular weight excluding hydrogens is 394 g/mol. The summed E-state index contributed by atoms with van der Waals surface area (Å²) in [5.74, 6) is 0.993. The van der Waals surface area contributed by atoms with Crippen LogP contribution in [0.15, 0.2) is 42.5 Å². The van der Waals surface area contributed by atoms with Crippen molar-refractivity contribution in [1.82, 2.24) is 9.80 Å². The van der Waals surface area contributed by atoms with Crippen LogP contribution < -0.4 is 14.8 Å². The maximum atomic E-state index is 13.1. The third kappa shape index (κ3) is 4.40. The number of hydrogen-bond acceptors (Lipinski definition) is 4. The molecule has 0 saturated carbocycles. The summed E-state index contributed by atoms with van der Waals surface area (Å²) in [6.45, 7) is 2.95. The van der Waals surface area contributed by atoms with E-state index in [4.69, 9.17) is 21.1 Å². The fourth-order valence-corrected chi connectivity index (χ4v) is 3.70. The molecule has 1 saturated heterocycles. The molecule has 0 radical (unpaired) electrons. The number of rotatable bonds is 2. The van der Waals surface area contributed by atoms with E-state index in [9.17, 15) is 9.59 Å². The molecule has 0 aliphatic carbocycles. The lowest BCUT2D eigenvalue weighted by atomic mass is 10.1. The number of hydrogen-bond donors (Lipinski definition) is 1. The Morgan fingerprint density at radius 3 is 2.55 bits per heavy atom. The van der Waals surface area contributed by atoms with E-state index in [-0.39, 0.29) is 11.9 Å². The van der Waals surface area contributed by atoms with Gasteiger partial charge < -0.3 is 24.6 Å². The Balaban J connectivity index is 1.41. The average molecular weight is 416 g/mol. The molecule has 0 bridgehead atoms. The van der Waals surface area contributed by atoms with E-state index in [1.54, 1.807) is 52.3 Å². The molecule has 2 aromatic rings. The van der Waals surface area contributed by atoms with Crippen molar-refractivity contribution in [1.29, 1.82) is 0 Å². The van der Waals surface area contributed by atoms with Gasteiger partial charge in [-0.05, 0) is 36.8 Å². The zero-order valence-corrected chi connectivity index (χ0v) is 16.7. The zero-order chi connectivity index (χ0) is 20.2. The van der Waals surface area contributed by atoms with Crippen LogP contribution in [0.3, 0.4) is 0 Å². The van der Waals surface area contributed by atoms with Crippen LogP contribution in [0.5, 0.6) is 11.5 Å². The van der Waals surface area contributed by atoms with Crippen LogP contribution in [0.1, 0.15) is 16.8 Å². The maximum Gasteiger partial charge on any atom is 0.321 e. The monoisotopic (exact) mass is 415 g/mol. The van der Waals surface area contributed by atoms with Crippen molar-refractivity contribution in [2.24, 2.45) is 0 Å². The van der Waals surface area contributed by atoms with E-state index in [1.807, 2.05) is 0 Å². The van der Waals surface area contributed by atoms with Crippen molar-refractivity contribution in [2.45, 2.75) is 6.42 Å². The number of fused-ring (bicyclic) bond motifs is 1. The standard InChI is InChI=1S/C21H22ClN3O4/c22-15-4-1-5-16(14-15)23-21(27)25-9-3-8-24(10-11-25)20(26)17-6-2-7-18-19(17)29-13-12-28-18/h1-2,4-7,14H,3,8-13H2,(H,23,27). The Morgan fingerprint density at radius 2 is 1.69 bits per heavy atom. The minimum Gasteiger partial charge on any atom is -0.486 e. The zero-order valence-electron chi connectivity index (χ0n) is 15.9. The fourth-order valence-electron chi connectivity index (χ4n) is 3.50. The van der Waals surface area contributed by atoms with E-state index >= 15 is 0 Å². The van der Waals surface area contributed by atoms with Crippen LogP contribution in [0, 0.1) is 0 Å². The first kappa shape index (κ1) is 19.4. The SMILES string of the molecule is O=C(Nc1cccc(Cl)c1)N1CCCN(C(=O)c2cccc3c2OCCO3)CC1. The Hall–Kier alpha value is -2.93. The first-order valence-corrected chi connectivity index (χ1v) is 9.99. The second-order valence-corrected chi connectivity index (χ2v) is 7.34. The molecule has 1 N–H and O–H groups in total. The molecular formula is C21H22ClN3O4. The Labute approximate surface area is 174 Å². The summed E-state index contributed by atoms with van der Waals surface area (Å²) in [7, 11) is 0. The molecule has 2 heterocycles. The van der Waals surface area contributed by atoms with Gasteiger partial charge in [-0.15, -0.1) is 0 Å². The quantitative estimate of drug-likeness (QED) is 0.815. The molecule has 0 aromatic heterocycles. The van der Waals surface area contributed by atoms with Crippen LogP contribution in [-0.2, 0) is 0 Å². The molecule has 2 aliphatic rings. The van der Waals surface area contributed by atoms with Gasteiger partial charge in [-0.3, -0.25) is 4.79 Å². The highest BCUT2D eigenvalue weighted by Crippen LogP contribution is 2.34. The molecule has 7 nitrogen and oxygen atoms in total. The second kappa shape index (κ2) is 8.61. The first-order chi connectivity index (χ1) is 14.1. The number of halogens is 1. The smallest absolute Gasteiger partial charge is 0.321 e. The van der Waals surface area contributed by atoms with Gasteiger partial charge in [0.25, 0.3) is 5.91 Å². The van der Waals surface area contributed by atoms with Crippen LogP contribution in [0.4, 0.5) is 10.5 Å². The number of carbonyl (C=O) groups excluding carboxylic acids is 2.